The van der Waals surface area contributed by atoms with Crippen molar-refractivity contribution in [3.8, 4) is 0 Å². The summed E-state index contributed by atoms with van der Waals surface area (Å²) in [5.41, 5.74) is 2.84. The minimum absolute atomic E-state index is 0.0181. The summed E-state index contributed by atoms with van der Waals surface area (Å²) in [6.45, 7) is 15.7. The molecule has 1 spiro atoms. The first-order valence-corrected chi connectivity index (χ1v) is 12.4. The Morgan fingerprint density at radius 2 is 2.10 bits per heavy atom. The SMILES string of the molecule is CCCCN(C)Cc1cn[nH]c1[C@@H]1CC[C@@]2(CCC(C)(C)O2)C(CNCC(C)C)C1. The normalized spacial score (nSPS) is 28.8. The molecular formula is C25H46N4O. The summed E-state index contributed by atoms with van der Waals surface area (Å²) in [5.74, 6) is 1.80. The van der Waals surface area contributed by atoms with Gasteiger partial charge >= 0.3 is 0 Å². The molecule has 0 aromatic carbocycles. The predicted molar refractivity (Wildman–Crippen MR) is 125 cm³/mol. The molecule has 1 aliphatic carbocycles. The van der Waals surface area contributed by atoms with Crippen LogP contribution in [-0.4, -0.2) is 53.0 Å². The van der Waals surface area contributed by atoms with E-state index in [4.69, 9.17) is 4.74 Å². The van der Waals surface area contributed by atoms with Crippen LogP contribution in [0.2, 0.25) is 0 Å². The van der Waals surface area contributed by atoms with Gasteiger partial charge in [-0.25, -0.2) is 0 Å². The van der Waals surface area contributed by atoms with Gasteiger partial charge in [-0.2, -0.15) is 5.10 Å². The van der Waals surface area contributed by atoms with Crippen LogP contribution in [0.4, 0.5) is 0 Å². The Kier molecular flexibility index (Phi) is 8.03. The second-order valence-electron chi connectivity index (χ2n) is 11.0. The molecule has 5 heteroatoms. The number of hydrogen-bond donors (Lipinski definition) is 2. The summed E-state index contributed by atoms with van der Waals surface area (Å²) in [7, 11) is 2.23. The fourth-order valence-electron chi connectivity index (χ4n) is 5.60. The molecule has 3 rings (SSSR count). The van der Waals surface area contributed by atoms with Crippen LogP contribution in [-0.2, 0) is 11.3 Å². The molecule has 0 amide bonds. The van der Waals surface area contributed by atoms with Crippen LogP contribution in [0.25, 0.3) is 0 Å². The van der Waals surface area contributed by atoms with E-state index in [1.807, 2.05) is 0 Å². The van der Waals surface area contributed by atoms with Crippen LogP contribution in [0.5, 0.6) is 0 Å². The van der Waals surface area contributed by atoms with Crippen molar-refractivity contribution in [3.63, 3.8) is 0 Å². The van der Waals surface area contributed by atoms with Crippen molar-refractivity contribution in [2.24, 2.45) is 11.8 Å². The Balaban J connectivity index is 1.70. The first kappa shape index (κ1) is 23.7. The molecule has 2 fully saturated rings. The lowest BCUT2D eigenvalue weighted by Crippen LogP contribution is -2.48. The number of nitrogens with one attached hydrogen (secondary N) is 2. The third-order valence-electron chi connectivity index (χ3n) is 7.30. The van der Waals surface area contributed by atoms with E-state index in [2.05, 4.69) is 68.3 Å². The molecule has 1 saturated heterocycles. The Hall–Kier alpha value is -0.910. The molecule has 30 heavy (non-hydrogen) atoms. The maximum atomic E-state index is 6.78. The topological polar surface area (TPSA) is 53.2 Å². The van der Waals surface area contributed by atoms with Crippen molar-refractivity contribution >= 4 is 0 Å². The fourth-order valence-corrected chi connectivity index (χ4v) is 5.60. The molecule has 2 heterocycles. The van der Waals surface area contributed by atoms with E-state index in [-0.39, 0.29) is 11.2 Å². The second kappa shape index (κ2) is 10.1. The lowest BCUT2D eigenvalue weighted by atomic mass is 9.68. The number of unbranched alkanes of at least 4 members (excludes halogenated alkanes) is 1. The Morgan fingerprint density at radius 1 is 1.30 bits per heavy atom. The van der Waals surface area contributed by atoms with Gasteiger partial charge in [0.05, 0.1) is 17.4 Å². The van der Waals surface area contributed by atoms with Crippen LogP contribution < -0.4 is 5.32 Å². The summed E-state index contributed by atoms with van der Waals surface area (Å²) < 4.78 is 6.78. The molecule has 1 aromatic rings. The molecule has 5 nitrogen and oxygen atoms in total. The van der Waals surface area contributed by atoms with Crippen LogP contribution in [0, 0.1) is 11.8 Å². The standard InChI is InChI=1S/C25H46N4O/c1-7-8-13-29(6)18-21-16-27-28-23(21)20-9-10-25(12-11-24(4,5)30-25)22(14-20)17-26-15-19(2)3/h16,19-20,22,26H,7-15,17-18H2,1-6H3,(H,27,28)/t20-,22?,25-/m1/s1. The highest BCUT2D eigenvalue weighted by Crippen LogP contribution is 2.52. The van der Waals surface area contributed by atoms with Gasteiger partial charge < -0.3 is 15.0 Å². The highest BCUT2D eigenvalue weighted by molar-refractivity contribution is 5.22. The zero-order valence-electron chi connectivity index (χ0n) is 20.4. The molecule has 1 unspecified atom stereocenters. The average Bonchev–Trinajstić information content (AvgIpc) is 3.26. The van der Waals surface area contributed by atoms with E-state index >= 15 is 0 Å². The van der Waals surface area contributed by atoms with Gasteiger partial charge in [-0.15, -0.1) is 0 Å². The summed E-state index contributed by atoms with van der Waals surface area (Å²) in [6, 6.07) is 0. The summed E-state index contributed by atoms with van der Waals surface area (Å²) in [5, 5.41) is 11.6. The van der Waals surface area contributed by atoms with Gasteiger partial charge in [-0.1, -0.05) is 27.2 Å². The minimum atomic E-state index is 0.0181. The molecule has 1 saturated carbocycles. The van der Waals surface area contributed by atoms with E-state index in [1.54, 1.807) is 0 Å². The quantitative estimate of drug-likeness (QED) is 0.555. The van der Waals surface area contributed by atoms with Gasteiger partial charge in [0.2, 0.25) is 0 Å². The van der Waals surface area contributed by atoms with Gasteiger partial charge in [-0.3, -0.25) is 5.10 Å². The van der Waals surface area contributed by atoms with Gasteiger partial charge in [0.1, 0.15) is 0 Å². The summed E-state index contributed by atoms with van der Waals surface area (Å²) in [4.78, 5) is 2.44. The Bertz CT molecular complexity index is 655. The number of rotatable bonds is 10. The third kappa shape index (κ3) is 5.86. The van der Waals surface area contributed by atoms with Crippen LogP contribution in [0.15, 0.2) is 6.20 Å². The number of ether oxygens (including phenoxy) is 1. The van der Waals surface area contributed by atoms with Gasteiger partial charge in [-0.05, 0) is 78.4 Å². The Labute approximate surface area is 184 Å². The van der Waals surface area contributed by atoms with E-state index in [0.717, 1.165) is 26.2 Å². The number of aromatic nitrogens is 2. The van der Waals surface area contributed by atoms with Crippen LogP contribution >= 0.6 is 0 Å². The maximum absolute atomic E-state index is 6.78. The van der Waals surface area contributed by atoms with E-state index < -0.39 is 0 Å². The highest BCUT2D eigenvalue weighted by atomic mass is 16.5. The first-order chi connectivity index (χ1) is 14.2. The van der Waals surface area contributed by atoms with E-state index in [1.165, 1.54) is 56.2 Å². The van der Waals surface area contributed by atoms with Gasteiger partial charge in [0.25, 0.3) is 0 Å². The van der Waals surface area contributed by atoms with Crippen LogP contribution in [0.1, 0.15) is 96.7 Å². The lowest BCUT2D eigenvalue weighted by molar-refractivity contribution is -0.135. The van der Waals surface area contributed by atoms with Crippen molar-refractivity contribution < 1.29 is 4.74 Å². The molecule has 3 atom stereocenters. The van der Waals surface area contributed by atoms with Gasteiger partial charge in [0, 0.05) is 36.2 Å². The van der Waals surface area contributed by atoms with Crippen molar-refractivity contribution in [3.05, 3.63) is 17.5 Å². The maximum Gasteiger partial charge on any atom is 0.0731 e. The van der Waals surface area contributed by atoms with E-state index in [0.29, 0.717) is 17.8 Å². The molecule has 2 aliphatic rings. The average molecular weight is 419 g/mol. The minimum Gasteiger partial charge on any atom is -0.369 e. The van der Waals surface area contributed by atoms with Gasteiger partial charge in [0.15, 0.2) is 0 Å². The smallest absolute Gasteiger partial charge is 0.0731 e. The second-order valence-corrected chi connectivity index (χ2v) is 11.0. The molecule has 1 aliphatic heterocycles. The predicted octanol–water partition coefficient (Wildman–Crippen LogP) is 5.10. The van der Waals surface area contributed by atoms with Crippen molar-refractivity contribution in [1.29, 1.82) is 0 Å². The molecular weight excluding hydrogens is 372 g/mol. The molecule has 1 aromatic heterocycles. The molecule has 0 radical (unpaired) electrons. The van der Waals surface area contributed by atoms with Crippen LogP contribution in [0.3, 0.4) is 0 Å². The summed E-state index contributed by atoms with van der Waals surface area (Å²) >= 11 is 0. The summed E-state index contributed by atoms with van der Waals surface area (Å²) in [6.07, 6.45) is 10.5. The number of H-pyrrole nitrogens is 1. The largest absolute Gasteiger partial charge is 0.369 e. The fraction of sp³-hybridized carbons (Fsp3) is 0.880. The Morgan fingerprint density at radius 3 is 2.77 bits per heavy atom. The number of aromatic amines is 1. The zero-order valence-corrected chi connectivity index (χ0v) is 20.4. The molecule has 172 valence electrons. The van der Waals surface area contributed by atoms with Crippen molar-refractivity contribution in [1.82, 2.24) is 20.4 Å². The first-order valence-electron chi connectivity index (χ1n) is 12.4. The lowest BCUT2D eigenvalue weighted by Gasteiger charge is -2.45. The zero-order chi connectivity index (χ0) is 21.8. The number of nitrogens with zero attached hydrogens (tertiary/aromatic N) is 2. The van der Waals surface area contributed by atoms with E-state index in [9.17, 15) is 0 Å². The third-order valence-corrected chi connectivity index (χ3v) is 7.30. The molecule has 2 N–H and O–H groups in total. The monoisotopic (exact) mass is 418 g/mol. The van der Waals surface area contributed by atoms with Crippen molar-refractivity contribution in [2.45, 2.75) is 103 Å². The number of hydrogen-bond acceptors (Lipinski definition) is 4. The molecule has 0 bridgehead atoms. The highest BCUT2D eigenvalue weighted by Gasteiger charge is 2.51. The van der Waals surface area contributed by atoms with Crippen molar-refractivity contribution in [2.75, 3.05) is 26.7 Å².